The molecule has 0 unspecified atom stereocenters. The summed E-state index contributed by atoms with van der Waals surface area (Å²) in [6.45, 7) is 1.99. The molecule has 3 rings (SSSR count). The van der Waals surface area contributed by atoms with Crippen molar-refractivity contribution in [3.8, 4) is 0 Å². The van der Waals surface area contributed by atoms with Crippen molar-refractivity contribution in [1.82, 2.24) is 0 Å². The fraction of sp³-hybridized carbons (Fsp3) is 0.389. The van der Waals surface area contributed by atoms with Gasteiger partial charge in [-0.15, -0.1) is 0 Å². The van der Waals surface area contributed by atoms with Gasteiger partial charge in [-0.1, -0.05) is 18.2 Å². The topological polar surface area (TPSA) is 92.7 Å². The molecule has 6 heteroatoms. The minimum atomic E-state index is -0.938. The van der Waals surface area contributed by atoms with E-state index in [1.54, 1.807) is 25.1 Å². The van der Waals surface area contributed by atoms with Crippen molar-refractivity contribution >= 4 is 23.5 Å². The van der Waals surface area contributed by atoms with Crippen LogP contribution >= 0.6 is 0 Å². The SMILES string of the molecule is CCOC(=O)c1cccc(NC(=O)[C@@H]2[C@@H](C(=O)O)[C@H]3C=C[C@H]2C3)c1. The van der Waals surface area contributed by atoms with Gasteiger partial charge in [-0.25, -0.2) is 4.79 Å². The minimum Gasteiger partial charge on any atom is -0.481 e. The molecule has 2 aliphatic rings. The van der Waals surface area contributed by atoms with Gasteiger partial charge in [-0.2, -0.15) is 0 Å². The Balaban J connectivity index is 1.75. The lowest BCUT2D eigenvalue weighted by molar-refractivity contribution is -0.146. The van der Waals surface area contributed by atoms with Gasteiger partial charge in [0.1, 0.15) is 0 Å². The van der Waals surface area contributed by atoms with Crippen LogP contribution in [0.4, 0.5) is 5.69 Å². The van der Waals surface area contributed by atoms with Gasteiger partial charge in [0, 0.05) is 5.69 Å². The molecule has 126 valence electrons. The number of nitrogens with one attached hydrogen (secondary N) is 1. The second-order valence-corrected chi connectivity index (χ2v) is 6.13. The summed E-state index contributed by atoms with van der Waals surface area (Å²) in [6.07, 6.45) is 4.54. The van der Waals surface area contributed by atoms with Crippen LogP contribution in [0.5, 0.6) is 0 Å². The van der Waals surface area contributed by atoms with Gasteiger partial charge in [0.05, 0.1) is 24.0 Å². The van der Waals surface area contributed by atoms with Crippen molar-refractivity contribution in [3.63, 3.8) is 0 Å². The zero-order chi connectivity index (χ0) is 17.3. The summed E-state index contributed by atoms with van der Waals surface area (Å²) >= 11 is 0. The van der Waals surface area contributed by atoms with E-state index in [4.69, 9.17) is 4.74 Å². The molecular weight excluding hydrogens is 310 g/mol. The molecule has 2 N–H and O–H groups in total. The van der Waals surface area contributed by atoms with Crippen LogP contribution < -0.4 is 5.32 Å². The van der Waals surface area contributed by atoms with E-state index in [0.717, 1.165) is 0 Å². The molecule has 2 bridgehead atoms. The largest absolute Gasteiger partial charge is 0.481 e. The first-order valence-corrected chi connectivity index (χ1v) is 8.00. The van der Waals surface area contributed by atoms with Crippen LogP contribution in [-0.4, -0.2) is 29.6 Å². The van der Waals surface area contributed by atoms with Gasteiger partial charge in [0.25, 0.3) is 0 Å². The Morgan fingerprint density at radius 3 is 2.58 bits per heavy atom. The molecule has 0 heterocycles. The molecule has 0 radical (unpaired) electrons. The number of carboxylic acids is 1. The average Bonchev–Trinajstić information content (AvgIpc) is 3.16. The number of amides is 1. The van der Waals surface area contributed by atoms with Crippen LogP contribution in [-0.2, 0) is 14.3 Å². The lowest BCUT2D eigenvalue weighted by Gasteiger charge is -2.23. The normalized spacial score (nSPS) is 27.0. The molecule has 24 heavy (non-hydrogen) atoms. The number of ether oxygens (including phenoxy) is 1. The molecule has 1 fully saturated rings. The molecular formula is C18H19NO5. The molecule has 1 saturated carbocycles. The first-order chi connectivity index (χ1) is 11.5. The van der Waals surface area contributed by atoms with Gasteiger partial charge in [0.15, 0.2) is 0 Å². The molecule has 2 aliphatic carbocycles. The van der Waals surface area contributed by atoms with Crippen LogP contribution in [0.15, 0.2) is 36.4 Å². The first-order valence-electron chi connectivity index (χ1n) is 8.00. The summed E-state index contributed by atoms with van der Waals surface area (Å²) in [7, 11) is 0. The lowest BCUT2D eigenvalue weighted by atomic mass is 9.82. The molecule has 1 amide bonds. The minimum absolute atomic E-state index is 0.0376. The third-order valence-corrected chi connectivity index (χ3v) is 4.69. The third kappa shape index (κ3) is 2.91. The maximum atomic E-state index is 12.6. The van der Waals surface area contributed by atoms with E-state index in [0.29, 0.717) is 17.7 Å². The second-order valence-electron chi connectivity index (χ2n) is 6.13. The zero-order valence-corrected chi connectivity index (χ0v) is 13.3. The lowest BCUT2D eigenvalue weighted by Crippen LogP contribution is -2.36. The number of hydrogen-bond acceptors (Lipinski definition) is 4. The van der Waals surface area contributed by atoms with Crippen LogP contribution in [0.2, 0.25) is 0 Å². The van der Waals surface area contributed by atoms with Crippen LogP contribution in [0.3, 0.4) is 0 Å². The van der Waals surface area contributed by atoms with E-state index in [2.05, 4.69) is 5.32 Å². The first kappa shape index (κ1) is 16.2. The highest BCUT2D eigenvalue weighted by Crippen LogP contribution is 2.48. The second kappa shape index (κ2) is 6.47. The predicted octanol–water partition coefficient (Wildman–Crippen LogP) is 2.32. The Hall–Kier alpha value is -2.63. The van der Waals surface area contributed by atoms with Crippen molar-refractivity contribution < 1.29 is 24.2 Å². The predicted molar refractivity (Wildman–Crippen MR) is 86.4 cm³/mol. The summed E-state index contributed by atoms with van der Waals surface area (Å²) in [5.41, 5.74) is 0.804. The summed E-state index contributed by atoms with van der Waals surface area (Å²) in [6, 6.07) is 6.46. The van der Waals surface area contributed by atoms with E-state index in [1.807, 2.05) is 12.2 Å². The quantitative estimate of drug-likeness (QED) is 0.639. The molecule has 1 aromatic rings. The standard InChI is InChI=1S/C18H19NO5/c1-2-24-18(23)12-4-3-5-13(9-12)19-16(20)14-10-6-7-11(8-10)15(14)17(21)22/h3-7,9-11,14-15H,2,8H2,1H3,(H,19,20)(H,21,22)/t10-,11-,14-,15-/m0/s1. The highest BCUT2D eigenvalue weighted by Gasteiger charge is 2.51. The summed E-state index contributed by atoms with van der Waals surface area (Å²) in [4.78, 5) is 35.9. The number of allylic oxidation sites excluding steroid dienone is 2. The molecule has 0 aliphatic heterocycles. The fourth-order valence-electron chi connectivity index (χ4n) is 3.68. The van der Waals surface area contributed by atoms with Gasteiger partial charge in [-0.3, -0.25) is 9.59 Å². The number of carbonyl (C=O) groups is 3. The Bertz CT molecular complexity index is 711. The van der Waals surface area contributed by atoms with Crippen LogP contribution in [0, 0.1) is 23.7 Å². The Labute approximate surface area is 139 Å². The molecule has 6 nitrogen and oxygen atoms in total. The summed E-state index contributed by atoms with van der Waals surface area (Å²) in [5, 5.41) is 12.2. The van der Waals surface area contributed by atoms with E-state index < -0.39 is 23.8 Å². The number of fused-ring (bicyclic) bond motifs is 2. The fourth-order valence-corrected chi connectivity index (χ4v) is 3.68. The van der Waals surface area contributed by atoms with Gasteiger partial charge < -0.3 is 15.2 Å². The number of rotatable bonds is 5. The van der Waals surface area contributed by atoms with Gasteiger partial charge >= 0.3 is 11.9 Å². The smallest absolute Gasteiger partial charge is 0.338 e. The van der Waals surface area contributed by atoms with Crippen LogP contribution in [0.1, 0.15) is 23.7 Å². The Morgan fingerprint density at radius 1 is 1.21 bits per heavy atom. The molecule has 1 aromatic carbocycles. The van der Waals surface area contributed by atoms with Crippen molar-refractivity contribution in [3.05, 3.63) is 42.0 Å². The number of carbonyl (C=O) groups excluding carboxylic acids is 2. The van der Waals surface area contributed by atoms with Crippen molar-refractivity contribution in [2.45, 2.75) is 13.3 Å². The van der Waals surface area contributed by atoms with Gasteiger partial charge in [-0.05, 0) is 43.4 Å². The summed E-state index contributed by atoms with van der Waals surface area (Å²) < 4.78 is 4.94. The third-order valence-electron chi connectivity index (χ3n) is 4.69. The van der Waals surface area contributed by atoms with E-state index in [-0.39, 0.29) is 24.3 Å². The molecule has 0 spiro atoms. The maximum Gasteiger partial charge on any atom is 0.338 e. The van der Waals surface area contributed by atoms with Gasteiger partial charge in [0.2, 0.25) is 5.91 Å². The number of aliphatic carboxylic acids is 1. The number of carboxylic acid groups (broad SMARTS) is 1. The highest BCUT2D eigenvalue weighted by atomic mass is 16.5. The average molecular weight is 329 g/mol. The number of benzene rings is 1. The number of anilines is 1. The van der Waals surface area contributed by atoms with Crippen molar-refractivity contribution in [2.24, 2.45) is 23.7 Å². The van der Waals surface area contributed by atoms with Crippen LogP contribution in [0.25, 0.3) is 0 Å². The Morgan fingerprint density at radius 2 is 1.92 bits per heavy atom. The number of esters is 1. The number of hydrogen-bond donors (Lipinski definition) is 2. The van der Waals surface area contributed by atoms with E-state index in [1.165, 1.54) is 6.07 Å². The summed E-state index contributed by atoms with van der Waals surface area (Å²) in [5.74, 6) is -3.09. The maximum absolute atomic E-state index is 12.6. The molecule has 4 atom stereocenters. The zero-order valence-electron chi connectivity index (χ0n) is 13.3. The highest BCUT2D eigenvalue weighted by molar-refractivity contribution is 5.98. The van der Waals surface area contributed by atoms with Crippen molar-refractivity contribution in [1.29, 1.82) is 0 Å². The monoisotopic (exact) mass is 329 g/mol. The van der Waals surface area contributed by atoms with E-state index >= 15 is 0 Å². The van der Waals surface area contributed by atoms with Crippen molar-refractivity contribution in [2.75, 3.05) is 11.9 Å². The molecule has 0 saturated heterocycles. The Kier molecular flexibility index (Phi) is 4.38. The molecule has 0 aromatic heterocycles. The van der Waals surface area contributed by atoms with E-state index in [9.17, 15) is 19.5 Å².